The molecule has 2 N–H and O–H groups in total. The minimum absolute atomic E-state index is 0.0885. The van der Waals surface area contributed by atoms with Crippen LogP contribution >= 0.6 is 23.1 Å². The van der Waals surface area contributed by atoms with Crippen LogP contribution in [-0.2, 0) is 11.2 Å². The Kier molecular flexibility index (Phi) is 4.35. The number of aromatic nitrogens is 2. The first-order chi connectivity index (χ1) is 12.1. The van der Waals surface area contributed by atoms with Crippen LogP contribution in [0.2, 0.25) is 0 Å². The number of hydrogen-bond donors (Lipinski definition) is 1. The van der Waals surface area contributed by atoms with Crippen LogP contribution in [0.15, 0.2) is 40.9 Å². The molecule has 0 saturated heterocycles. The van der Waals surface area contributed by atoms with Gasteiger partial charge in [-0.3, -0.25) is 4.79 Å². The molecule has 0 bridgehead atoms. The maximum absolute atomic E-state index is 13.0. The van der Waals surface area contributed by atoms with E-state index in [2.05, 4.69) is 16.0 Å². The molecule has 1 aliphatic rings. The highest BCUT2D eigenvalue weighted by atomic mass is 32.2. The molecule has 3 heterocycles. The number of benzene rings is 1. The SMILES string of the molecule is C[C@@H](Sc1nc(N)c2ccsc2n1)C(=O)N1CCCc2ccccc21. The smallest absolute Gasteiger partial charge is 0.240 e. The monoisotopic (exact) mass is 370 g/mol. The molecular formula is C18H18N4OS2. The molecule has 0 radical (unpaired) electrons. The highest BCUT2D eigenvalue weighted by molar-refractivity contribution is 8.00. The van der Waals surface area contributed by atoms with Crippen molar-refractivity contribution in [1.29, 1.82) is 0 Å². The Balaban J connectivity index is 1.56. The minimum atomic E-state index is -0.275. The van der Waals surface area contributed by atoms with E-state index >= 15 is 0 Å². The maximum Gasteiger partial charge on any atom is 0.240 e. The zero-order valence-electron chi connectivity index (χ0n) is 13.8. The number of nitrogen functional groups attached to an aromatic ring is 1. The van der Waals surface area contributed by atoms with Crippen LogP contribution in [0.1, 0.15) is 18.9 Å². The summed E-state index contributed by atoms with van der Waals surface area (Å²) in [7, 11) is 0. The number of aryl methyl sites for hydroxylation is 1. The largest absolute Gasteiger partial charge is 0.383 e. The predicted molar refractivity (Wildman–Crippen MR) is 104 cm³/mol. The van der Waals surface area contributed by atoms with Gasteiger partial charge in [0.2, 0.25) is 5.91 Å². The van der Waals surface area contributed by atoms with Gasteiger partial charge in [0, 0.05) is 12.2 Å². The van der Waals surface area contributed by atoms with Gasteiger partial charge in [0.15, 0.2) is 5.16 Å². The van der Waals surface area contributed by atoms with Gasteiger partial charge in [-0.2, -0.15) is 0 Å². The first kappa shape index (κ1) is 16.4. The summed E-state index contributed by atoms with van der Waals surface area (Å²) in [5.74, 6) is 0.558. The van der Waals surface area contributed by atoms with Crippen molar-refractivity contribution in [3.63, 3.8) is 0 Å². The summed E-state index contributed by atoms with van der Waals surface area (Å²) in [6.07, 6.45) is 2.01. The number of thiophene rings is 1. The highest BCUT2D eigenvalue weighted by Gasteiger charge is 2.27. The van der Waals surface area contributed by atoms with Crippen LogP contribution in [0.3, 0.4) is 0 Å². The lowest BCUT2D eigenvalue weighted by molar-refractivity contribution is -0.117. The fraction of sp³-hybridized carbons (Fsp3) is 0.278. The van der Waals surface area contributed by atoms with Gasteiger partial charge in [-0.25, -0.2) is 9.97 Å². The van der Waals surface area contributed by atoms with Crippen LogP contribution in [0.5, 0.6) is 0 Å². The third kappa shape index (κ3) is 3.09. The van der Waals surface area contributed by atoms with E-state index < -0.39 is 0 Å². The first-order valence-electron chi connectivity index (χ1n) is 8.20. The number of para-hydroxylation sites is 1. The molecule has 4 rings (SSSR count). The fourth-order valence-corrected chi connectivity index (χ4v) is 4.77. The molecule has 0 unspecified atom stereocenters. The van der Waals surface area contributed by atoms with Crippen molar-refractivity contribution in [3.8, 4) is 0 Å². The Bertz CT molecular complexity index is 940. The van der Waals surface area contributed by atoms with Crippen molar-refractivity contribution in [3.05, 3.63) is 41.3 Å². The molecule has 25 heavy (non-hydrogen) atoms. The molecule has 0 fully saturated rings. The standard InChI is InChI=1S/C18H18N4OS2/c1-11(25-18-20-15(19)13-8-10-24-16(13)21-18)17(23)22-9-4-6-12-5-2-3-7-14(12)22/h2-3,5,7-8,10-11H,4,6,9H2,1H3,(H2,19,20,21)/t11-/m1/s1. The van der Waals surface area contributed by atoms with Crippen LogP contribution in [0.4, 0.5) is 11.5 Å². The lowest BCUT2D eigenvalue weighted by Crippen LogP contribution is -2.40. The summed E-state index contributed by atoms with van der Waals surface area (Å²) in [5.41, 5.74) is 8.27. The molecule has 5 nitrogen and oxygen atoms in total. The first-order valence-corrected chi connectivity index (χ1v) is 9.96. The van der Waals surface area contributed by atoms with E-state index in [0.717, 1.165) is 35.3 Å². The quantitative estimate of drug-likeness (QED) is 0.562. The minimum Gasteiger partial charge on any atom is -0.383 e. The van der Waals surface area contributed by atoms with E-state index in [9.17, 15) is 4.79 Å². The lowest BCUT2D eigenvalue weighted by Gasteiger charge is -2.31. The Morgan fingerprint density at radius 1 is 1.32 bits per heavy atom. The van der Waals surface area contributed by atoms with E-state index in [1.165, 1.54) is 28.7 Å². The zero-order valence-corrected chi connectivity index (χ0v) is 15.4. The lowest BCUT2D eigenvalue weighted by atomic mass is 10.0. The van der Waals surface area contributed by atoms with Crippen LogP contribution < -0.4 is 10.6 Å². The predicted octanol–water partition coefficient (Wildman–Crippen LogP) is 3.73. The zero-order chi connectivity index (χ0) is 17.4. The van der Waals surface area contributed by atoms with Gasteiger partial charge in [-0.05, 0) is 42.8 Å². The van der Waals surface area contributed by atoms with Gasteiger partial charge >= 0.3 is 0 Å². The van der Waals surface area contributed by atoms with Crippen LogP contribution in [-0.4, -0.2) is 27.7 Å². The summed E-state index contributed by atoms with van der Waals surface area (Å²) in [6, 6.07) is 10.1. The molecule has 0 spiro atoms. The van der Waals surface area contributed by atoms with Crippen molar-refractivity contribution in [2.24, 2.45) is 0 Å². The molecule has 3 aromatic rings. The van der Waals surface area contributed by atoms with Crippen LogP contribution in [0, 0.1) is 0 Å². The van der Waals surface area contributed by atoms with Gasteiger partial charge < -0.3 is 10.6 Å². The number of hydrogen-bond acceptors (Lipinski definition) is 6. The molecule has 1 aliphatic heterocycles. The third-order valence-electron chi connectivity index (χ3n) is 4.34. The summed E-state index contributed by atoms with van der Waals surface area (Å²) in [4.78, 5) is 24.6. The fourth-order valence-electron chi connectivity index (χ4n) is 3.10. The number of fused-ring (bicyclic) bond motifs is 2. The number of carbonyl (C=O) groups excluding carboxylic acids is 1. The normalized spacial score (nSPS) is 15.2. The van der Waals surface area contributed by atoms with Crippen molar-refractivity contribution in [2.45, 2.75) is 30.2 Å². The number of anilines is 2. The average molecular weight is 371 g/mol. The number of carbonyl (C=O) groups is 1. The van der Waals surface area contributed by atoms with E-state index in [1.807, 2.05) is 41.5 Å². The average Bonchev–Trinajstić information content (AvgIpc) is 3.09. The Labute approximate surface area is 154 Å². The number of nitrogens with two attached hydrogens (primary N) is 1. The van der Waals surface area contributed by atoms with Crippen LogP contribution in [0.25, 0.3) is 10.2 Å². The van der Waals surface area contributed by atoms with Crippen molar-refractivity contribution >= 4 is 50.7 Å². The number of amides is 1. The molecule has 128 valence electrons. The molecule has 2 aromatic heterocycles. The number of thioether (sulfide) groups is 1. The van der Waals surface area contributed by atoms with Gasteiger partial charge in [-0.15, -0.1) is 11.3 Å². The molecule has 1 atom stereocenters. The number of rotatable bonds is 3. The second kappa shape index (κ2) is 6.65. The van der Waals surface area contributed by atoms with Gasteiger partial charge in [0.25, 0.3) is 0 Å². The summed E-state index contributed by atoms with van der Waals surface area (Å²) in [6.45, 7) is 2.66. The van der Waals surface area contributed by atoms with E-state index in [1.54, 1.807) is 0 Å². The summed E-state index contributed by atoms with van der Waals surface area (Å²) in [5, 5.41) is 3.10. The number of nitrogens with zero attached hydrogens (tertiary/aromatic N) is 3. The molecular weight excluding hydrogens is 352 g/mol. The van der Waals surface area contributed by atoms with Crippen molar-refractivity contribution in [2.75, 3.05) is 17.2 Å². The Hall–Kier alpha value is -2.12. The second-order valence-electron chi connectivity index (χ2n) is 6.01. The molecule has 0 aliphatic carbocycles. The third-order valence-corrected chi connectivity index (χ3v) is 6.10. The maximum atomic E-state index is 13.0. The van der Waals surface area contributed by atoms with Gasteiger partial charge in [-0.1, -0.05) is 30.0 Å². The van der Waals surface area contributed by atoms with Gasteiger partial charge in [0.1, 0.15) is 10.6 Å². The van der Waals surface area contributed by atoms with Gasteiger partial charge in [0.05, 0.1) is 10.6 Å². The Morgan fingerprint density at radius 2 is 2.16 bits per heavy atom. The Morgan fingerprint density at radius 3 is 3.04 bits per heavy atom. The van der Waals surface area contributed by atoms with Crippen molar-refractivity contribution < 1.29 is 4.79 Å². The van der Waals surface area contributed by atoms with E-state index in [-0.39, 0.29) is 11.2 Å². The van der Waals surface area contributed by atoms with Crippen molar-refractivity contribution in [1.82, 2.24) is 9.97 Å². The summed E-state index contributed by atoms with van der Waals surface area (Å²) < 4.78 is 0. The topological polar surface area (TPSA) is 72.1 Å². The van der Waals surface area contributed by atoms with E-state index in [0.29, 0.717) is 11.0 Å². The molecule has 7 heteroatoms. The second-order valence-corrected chi connectivity index (χ2v) is 8.22. The molecule has 0 saturated carbocycles. The summed E-state index contributed by atoms with van der Waals surface area (Å²) >= 11 is 2.90. The molecule has 1 amide bonds. The highest BCUT2D eigenvalue weighted by Crippen LogP contribution is 2.32. The molecule has 1 aromatic carbocycles. The van der Waals surface area contributed by atoms with E-state index in [4.69, 9.17) is 5.73 Å².